The quantitative estimate of drug-likeness (QED) is 0.716. The Morgan fingerprint density at radius 3 is 2.67 bits per heavy atom. The van der Waals surface area contributed by atoms with Crippen molar-refractivity contribution >= 4 is 34.7 Å². The zero-order valence-corrected chi connectivity index (χ0v) is 16.4. The van der Waals surface area contributed by atoms with Crippen LogP contribution in [0.1, 0.15) is 5.56 Å². The van der Waals surface area contributed by atoms with Gasteiger partial charge in [-0.3, -0.25) is 4.40 Å². The van der Waals surface area contributed by atoms with Gasteiger partial charge in [0.05, 0.1) is 26.5 Å². The van der Waals surface area contributed by atoms with Crippen molar-refractivity contribution in [2.24, 2.45) is 5.73 Å². The van der Waals surface area contributed by atoms with E-state index in [0.29, 0.717) is 35.6 Å². The molecule has 1 saturated heterocycles. The molecular weight excluding hydrogens is 387 g/mol. The fourth-order valence-electron chi connectivity index (χ4n) is 3.49. The minimum Gasteiger partial charge on any atom is -0.492 e. The van der Waals surface area contributed by atoms with E-state index in [2.05, 4.69) is 9.88 Å². The number of pyridine rings is 1. The van der Waals surface area contributed by atoms with Crippen molar-refractivity contribution in [1.82, 2.24) is 9.38 Å². The number of nitrogens with zero attached hydrogens (tertiary/aromatic N) is 3. The summed E-state index contributed by atoms with van der Waals surface area (Å²) in [5, 5.41) is 1.15. The number of hydrogen-bond acceptors (Lipinski definition) is 5. The van der Waals surface area contributed by atoms with Crippen LogP contribution in [-0.4, -0.2) is 42.8 Å². The highest BCUT2D eigenvalue weighted by Crippen LogP contribution is 2.39. The molecule has 0 radical (unpaired) electrons. The van der Waals surface area contributed by atoms with Crippen LogP contribution in [0.15, 0.2) is 30.6 Å². The summed E-state index contributed by atoms with van der Waals surface area (Å²) in [7, 11) is 1.63. The summed E-state index contributed by atoms with van der Waals surface area (Å²) in [6, 6.07) is 5.44. The van der Waals surface area contributed by atoms with Gasteiger partial charge in [-0.2, -0.15) is 0 Å². The summed E-state index contributed by atoms with van der Waals surface area (Å²) in [4.78, 5) is 6.84. The van der Waals surface area contributed by atoms with E-state index >= 15 is 0 Å². The number of hydrogen-bond donors (Lipinski definition) is 1. The van der Waals surface area contributed by atoms with E-state index in [0.717, 1.165) is 41.2 Å². The minimum atomic E-state index is 0.299. The Morgan fingerprint density at radius 2 is 2.00 bits per heavy atom. The van der Waals surface area contributed by atoms with Crippen LogP contribution >= 0.6 is 23.2 Å². The number of rotatable bonds is 4. The maximum Gasteiger partial charge on any atom is 0.181 e. The van der Waals surface area contributed by atoms with E-state index in [4.69, 9.17) is 38.4 Å². The van der Waals surface area contributed by atoms with Gasteiger partial charge in [0, 0.05) is 52.6 Å². The molecule has 27 heavy (non-hydrogen) atoms. The number of halogens is 2. The Balaban J connectivity index is 1.96. The highest BCUT2D eigenvalue weighted by molar-refractivity contribution is 6.36. The van der Waals surface area contributed by atoms with Crippen molar-refractivity contribution in [1.29, 1.82) is 0 Å². The molecule has 0 bridgehead atoms. The average molecular weight is 407 g/mol. The van der Waals surface area contributed by atoms with E-state index in [1.54, 1.807) is 13.2 Å². The lowest BCUT2D eigenvalue weighted by Crippen LogP contribution is -2.36. The standard InChI is InChI=1S/C19H20Cl2N4O2/c1-26-18-14(9-22)15(13-3-2-12(20)8-16(13)21)11-25-17(10-23-19(18)25)24-4-6-27-7-5-24/h2-3,8,10-11H,4-7,9,22H2,1H3. The summed E-state index contributed by atoms with van der Waals surface area (Å²) in [6.45, 7) is 3.31. The predicted octanol–water partition coefficient (Wildman–Crippen LogP) is 3.61. The molecule has 0 saturated carbocycles. The molecule has 1 aliphatic rings. The first-order chi connectivity index (χ1) is 13.1. The van der Waals surface area contributed by atoms with Gasteiger partial charge in [-0.15, -0.1) is 0 Å². The first kappa shape index (κ1) is 18.4. The summed E-state index contributed by atoms with van der Waals surface area (Å²) in [6.07, 6.45) is 3.88. The number of benzene rings is 1. The maximum atomic E-state index is 6.48. The summed E-state index contributed by atoms with van der Waals surface area (Å²) < 4.78 is 13.2. The zero-order chi connectivity index (χ0) is 19.0. The molecule has 4 rings (SSSR count). The normalized spacial score (nSPS) is 14.7. The maximum absolute atomic E-state index is 6.48. The van der Waals surface area contributed by atoms with E-state index in [-0.39, 0.29) is 0 Å². The Labute approximate surface area is 167 Å². The van der Waals surface area contributed by atoms with Gasteiger partial charge in [-0.1, -0.05) is 29.3 Å². The Morgan fingerprint density at radius 1 is 1.22 bits per heavy atom. The van der Waals surface area contributed by atoms with E-state index in [1.807, 2.05) is 28.9 Å². The molecule has 3 aromatic rings. The van der Waals surface area contributed by atoms with Gasteiger partial charge >= 0.3 is 0 Å². The SMILES string of the molecule is COc1c(CN)c(-c2ccc(Cl)cc2Cl)cn2c(N3CCOCC3)cnc12. The number of fused-ring (bicyclic) bond motifs is 1. The van der Waals surface area contributed by atoms with Gasteiger partial charge in [-0.25, -0.2) is 4.98 Å². The highest BCUT2D eigenvalue weighted by Gasteiger charge is 2.22. The Kier molecular flexibility index (Phi) is 5.14. The van der Waals surface area contributed by atoms with Crippen molar-refractivity contribution in [2.45, 2.75) is 6.54 Å². The smallest absolute Gasteiger partial charge is 0.181 e. The number of nitrogens with two attached hydrogens (primary N) is 1. The predicted molar refractivity (Wildman–Crippen MR) is 108 cm³/mol. The molecule has 1 aliphatic heterocycles. The molecule has 2 N–H and O–H groups in total. The van der Waals surface area contributed by atoms with Crippen LogP contribution in [0.3, 0.4) is 0 Å². The zero-order valence-electron chi connectivity index (χ0n) is 14.9. The number of anilines is 1. The van der Waals surface area contributed by atoms with Gasteiger partial charge in [0.25, 0.3) is 0 Å². The minimum absolute atomic E-state index is 0.299. The molecule has 0 amide bonds. The molecule has 2 aromatic heterocycles. The fourth-order valence-corrected chi connectivity index (χ4v) is 4.01. The summed E-state index contributed by atoms with van der Waals surface area (Å²) >= 11 is 12.6. The van der Waals surface area contributed by atoms with Gasteiger partial charge in [0.15, 0.2) is 11.4 Å². The molecule has 6 nitrogen and oxygen atoms in total. The molecule has 0 atom stereocenters. The third-order valence-electron chi connectivity index (χ3n) is 4.80. The van der Waals surface area contributed by atoms with Crippen molar-refractivity contribution < 1.29 is 9.47 Å². The fraction of sp³-hybridized carbons (Fsp3) is 0.316. The van der Waals surface area contributed by atoms with Crippen LogP contribution in [0.5, 0.6) is 5.75 Å². The second-order valence-electron chi connectivity index (χ2n) is 6.29. The van der Waals surface area contributed by atoms with E-state index in [1.165, 1.54) is 0 Å². The second kappa shape index (κ2) is 7.56. The molecule has 8 heteroatoms. The van der Waals surface area contributed by atoms with E-state index < -0.39 is 0 Å². The third kappa shape index (κ3) is 3.23. The van der Waals surface area contributed by atoms with Crippen LogP contribution in [0.25, 0.3) is 16.8 Å². The molecule has 0 aliphatic carbocycles. The Hall–Kier alpha value is -1.99. The number of methoxy groups -OCH3 is 1. The van der Waals surface area contributed by atoms with Crippen LogP contribution in [0.2, 0.25) is 10.0 Å². The Bertz CT molecular complexity index is 983. The van der Waals surface area contributed by atoms with Crippen LogP contribution < -0.4 is 15.4 Å². The molecule has 142 valence electrons. The number of ether oxygens (including phenoxy) is 2. The molecule has 1 aromatic carbocycles. The van der Waals surface area contributed by atoms with Gasteiger partial charge in [0.2, 0.25) is 0 Å². The summed E-state index contributed by atoms with van der Waals surface area (Å²) in [5.74, 6) is 1.64. The number of morpholine rings is 1. The largest absolute Gasteiger partial charge is 0.492 e. The van der Waals surface area contributed by atoms with Crippen molar-refractivity contribution in [3.05, 3.63) is 46.2 Å². The first-order valence-electron chi connectivity index (χ1n) is 8.69. The number of aromatic nitrogens is 2. The molecule has 0 unspecified atom stereocenters. The monoisotopic (exact) mass is 406 g/mol. The number of imidazole rings is 1. The van der Waals surface area contributed by atoms with E-state index in [9.17, 15) is 0 Å². The van der Waals surface area contributed by atoms with Crippen LogP contribution in [-0.2, 0) is 11.3 Å². The first-order valence-corrected chi connectivity index (χ1v) is 9.44. The third-order valence-corrected chi connectivity index (χ3v) is 5.35. The molecule has 1 fully saturated rings. The summed E-state index contributed by atoms with van der Waals surface area (Å²) in [5.41, 5.74) is 9.41. The van der Waals surface area contributed by atoms with Crippen LogP contribution in [0, 0.1) is 0 Å². The van der Waals surface area contributed by atoms with Crippen LogP contribution in [0.4, 0.5) is 5.82 Å². The van der Waals surface area contributed by atoms with Gasteiger partial charge < -0.3 is 20.1 Å². The lowest BCUT2D eigenvalue weighted by Gasteiger charge is -2.28. The van der Waals surface area contributed by atoms with Crippen molar-refractivity contribution in [3.8, 4) is 16.9 Å². The highest BCUT2D eigenvalue weighted by atomic mass is 35.5. The lowest BCUT2D eigenvalue weighted by molar-refractivity contribution is 0.122. The van der Waals surface area contributed by atoms with Crippen molar-refractivity contribution in [3.63, 3.8) is 0 Å². The van der Waals surface area contributed by atoms with Crippen molar-refractivity contribution in [2.75, 3.05) is 38.3 Å². The topological polar surface area (TPSA) is 65.0 Å². The van der Waals surface area contributed by atoms with Gasteiger partial charge in [0.1, 0.15) is 5.82 Å². The lowest BCUT2D eigenvalue weighted by atomic mass is 10.0. The second-order valence-corrected chi connectivity index (χ2v) is 7.14. The molecule has 0 spiro atoms. The molecule has 3 heterocycles. The molecular formula is C19H20Cl2N4O2. The van der Waals surface area contributed by atoms with Gasteiger partial charge in [-0.05, 0) is 12.1 Å². The average Bonchev–Trinajstić information content (AvgIpc) is 3.11.